The Hall–Kier alpha value is -2.69. The molecule has 1 atom stereocenters. The number of benzene rings is 1. The number of hydrogen-bond acceptors (Lipinski definition) is 4. The van der Waals surface area contributed by atoms with Crippen molar-refractivity contribution in [3.05, 3.63) is 58.9 Å². The molecule has 3 rings (SSSR count). The quantitative estimate of drug-likeness (QED) is 0.731. The first-order chi connectivity index (χ1) is 11.4. The summed E-state index contributed by atoms with van der Waals surface area (Å²) in [7, 11) is 1.76. The standard InChI is InChI=1S/C19H21N3O2/c1-11-6-7-15-13(3)18(24-17(15)12(11)2)19(23)22(5)14(4)16-8-9-20-10-21-16/h6-10,14H,1-5H3. The topological polar surface area (TPSA) is 59.2 Å². The Balaban J connectivity index is 1.99. The van der Waals surface area contributed by atoms with Crippen LogP contribution in [0, 0.1) is 20.8 Å². The van der Waals surface area contributed by atoms with Crippen LogP contribution in [-0.4, -0.2) is 27.8 Å². The molecule has 124 valence electrons. The second-order valence-corrected chi connectivity index (χ2v) is 6.17. The van der Waals surface area contributed by atoms with Crippen LogP contribution < -0.4 is 0 Å². The number of fused-ring (bicyclic) bond motifs is 1. The Labute approximate surface area is 141 Å². The van der Waals surface area contributed by atoms with Gasteiger partial charge in [0, 0.05) is 24.2 Å². The van der Waals surface area contributed by atoms with Crippen molar-refractivity contribution in [2.45, 2.75) is 33.7 Å². The van der Waals surface area contributed by atoms with Gasteiger partial charge in [-0.15, -0.1) is 0 Å². The van der Waals surface area contributed by atoms with Crippen molar-refractivity contribution in [3.8, 4) is 0 Å². The highest BCUT2D eigenvalue weighted by molar-refractivity contribution is 5.99. The van der Waals surface area contributed by atoms with Gasteiger partial charge in [0.2, 0.25) is 0 Å². The molecule has 1 unspecified atom stereocenters. The Bertz CT molecular complexity index is 900. The number of furan rings is 1. The highest BCUT2D eigenvalue weighted by atomic mass is 16.3. The van der Waals surface area contributed by atoms with Gasteiger partial charge in [0.05, 0.1) is 11.7 Å². The Kier molecular flexibility index (Phi) is 4.09. The largest absolute Gasteiger partial charge is 0.450 e. The van der Waals surface area contributed by atoms with Crippen LogP contribution in [-0.2, 0) is 0 Å². The summed E-state index contributed by atoms with van der Waals surface area (Å²) in [5.41, 5.74) is 4.68. The number of amides is 1. The Morgan fingerprint density at radius 3 is 2.58 bits per heavy atom. The van der Waals surface area contributed by atoms with Crippen LogP contribution in [0.25, 0.3) is 11.0 Å². The monoisotopic (exact) mass is 323 g/mol. The zero-order valence-corrected chi connectivity index (χ0v) is 14.6. The van der Waals surface area contributed by atoms with E-state index in [9.17, 15) is 4.79 Å². The van der Waals surface area contributed by atoms with Crippen molar-refractivity contribution in [2.24, 2.45) is 0 Å². The van der Waals surface area contributed by atoms with E-state index in [1.165, 1.54) is 6.33 Å². The summed E-state index contributed by atoms with van der Waals surface area (Å²) >= 11 is 0. The van der Waals surface area contributed by atoms with Crippen LogP contribution in [0.3, 0.4) is 0 Å². The van der Waals surface area contributed by atoms with E-state index in [1.54, 1.807) is 18.1 Å². The molecular formula is C19H21N3O2. The van der Waals surface area contributed by atoms with Crippen molar-refractivity contribution in [1.82, 2.24) is 14.9 Å². The van der Waals surface area contributed by atoms with Crippen LogP contribution in [0.4, 0.5) is 0 Å². The van der Waals surface area contributed by atoms with E-state index in [-0.39, 0.29) is 11.9 Å². The van der Waals surface area contributed by atoms with Gasteiger partial charge >= 0.3 is 0 Å². The summed E-state index contributed by atoms with van der Waals surface area (Å²) in [6.45, 7) is 7.92. The molecule has 0 N–H and O–H groups in total. The molecule has 5 nitrogen and oxygen atoms in total. The molecule has 3 aromatic rings. The summed E-state index contributed by atoms with van der Waals surface area (Å²) in [6, 6.07) is 5.71. The molecular weight excluding hydrogens is 302 g/mol. The summed E-state index contributed by atoms with van der Waals surface area (Å²) < 4.78 is 5.96. The van der Waals surface area contributed by atoms with E-state index in [4.69, 9.17) is 4.42 Å². The number of aromatic nitrogens is 2. The van der Waals surface area contributed by atoms with Crippen molar-refractivity contribution >= 4 is 16.9 Å². The minimum absolute atomic E-state index is 0.146. The minimum atomic E-state index is -0.170. The summed E-state index contributed by atoms with van der Waals surface area (Å²) in [5.74, 6) is 0.244. The van der Waals surface area contributed by atoms with E-state index in [2.05, 4.69) is 16.0 Å². The Morgan fingerprint density at radius 1 is 1.17 bits per heavy atom. The van der Waals surface area contributed by atoms with Crippen molar-refractivity contribution in [3.63, 3.8) is 0 Å². The fourth-order valence-electron chi connectivity index (χ4n) is 2.80. The third kappa shape index (κ3) is 2.56. The highest BCUT2D eigenvalue weighted by Gasteiger charge is 2.26. The zero-order valence-electron chi connectivity index (χ0n) is 14.6. The summed E-state index contributed by atoms with van der Waals surface area (Å²) in [4.78, 5) is 22.7. The van der Waals surface area contributed by atoms with Gasteiger partial charge in [-0.05, 0) is 44.9 Å². The molecule has 24 heavy (non-hydrogen) atoms. The normalized spacial score (nSPS) is 12.4. The molecule has 1 amide bonds. The van der Waals surface area contributed by atoms with Crippen molar-refractivity contribution < 1.29 is 9.21 Å². The molecule has 0 aliphatic heterocycles. The van der Waals surface area contributed by atoms with E-state index in [1.807, 2.05) is 39.8 Å². The number of carbonyl (C=O) groups excluding carboxylic acids is 1. The molecule has 2 aromatic heterocycles. The van der Waals surface area contributed by atoms with Crippen LogP contribution in [0.15, 0.2) is 35.1 Å². The minimum Gasteiger partial charge on any atom is -0.450 e. The molecule has 0 spiro atoms. The predicted octanol–water partition coefficient (Wildman–Crippen LogP) is 3.98. The van der Waals surface area contributed by atoms with Gasteiger partial charge in [0.1, 0.15) is 11.9 Å². The van der Waals surface area contributed by atoms with E-state index in [0.29, 0.717) is 5.76 Å². The number of carbonyl (C=O) groups is 1. The molecule has 1 aromatic carbocycles. The molecule has 0 radical (unpaired) electrons. The zero-order chi connectivity index (χ0) is 17.4. The van der Waals surface area contributed by atoms with Crippen LogP contribution in [0.5, 0.6) is 0 Å². The SMILES string of the molecule is Cc1ccc2c(C)c(C(=O)N(C)C(C)c3ccncn3)oc2c1C. The van der Waals surface area contributed by atoms with E-state index in [0.717, 1.165) is 33.4 Å². The molecule has 0 aliphatic rings. The van der Waals surface area contributed by atoms with Gasteiger partial charge in [-0.2, -0.15) is 0 Å². The first-order valence-corrected chi connectivity index (χ1v) is 7.94. The third-order valence-electron chi connectivity index (χ3n) is 4.75. The van der Waals surface area contributed by atoms with Gasteiger partial charge in [0.25, 0.3) is 5.91 Å². The Morgan fingerprint density at radius 2 is 1.92 bits per heavy atom. The molecule has 0 bridgehead atoms. The van der Waals surface area contributed by atoms with Crippen LogP contribution >= 0.6 is 0 Å². The number of hydrogen-bond donors (Lipinski definition) is 0. The van der Waals surface area contributed by atoms with E-state index >= 15 is 0 Å². The van der Waals surface area contributed by atoms with Gasteiger partial charge < -0.3 is 9.32 Å². The smallest absolute Gasteiger partial charge is 0.290 e. The van der Waals surface area contributed by atoms with Crippen molar-refractivity contribution in [1.29, 1.82) is 0 Å². The highest BCUT2D eigenvalue weighted by Crippen LogP contribution is 2.31. The molecule has 0 saturated heterocycles. The van der Waals surface area contributed by atoms with Gasteiger partial charge in [-0.3, -0.25) is 4.79 Å². The predicted molar refractivity (Wildman–Crippen MR) is 93.0 cm³/mol. The average Bonchev–Trinajstić information content (AvgIpc) is 2.94. The lowest BCUT2D eigenvalue weighted by Crippen LogP contribution is -2.30. The first-order valence-electron chi connectivity index (χ1n) is 7.94. The maximum atomic E-state index is 12.9. The number of rotatable bonds is 3. The van der Waals surface area contributed by atoms with Crippen LogP contribution in [0.1, 0.15) is 45.9 Å². The molecule has 0 aliphatic carbocycles. The lowest BCUT2D eigenvalue weighted by atomic mass is 10.0. The van der Waals surface area contributed by atoms with Gasteiger partial charge in [-0.1, -0.05) is 12.1 Å². The summed E-state index contributed by atoms with van der Waals surface area (Å²) in [5, 5.41) is 0.990. The molecule has 0 saturated carbocycles. The lowest BCUT2D eigenvalue weighted by Gasteiger charge is -2.23. The van der Waals surface area contributed by atoms with Crippen LogP contribution in [0.2, 0.25) is 0 Å². The second kappa shape index (κ2) is 6.07. The van der Waals surface area contributed by atoms with Gasteiger partial charge in [0.15, 0.2) is 5.76 Å². The first kappa shape index (κ1) is 16.2. The van der Waals surface area contributed by atoms with E-state index < -0.39 is 0 Å². The average molecular weight is 323 g/mol. The second-order valence-electron chi connectivity index (χ2n) is 6.17. The third-order valence-corrected chi connectivity index (χ3v) is 4.75. The molecule has 5 heteroatoms. The van der Waals surface area contributed by atoms with Gasteiger partial charge in [-0.25, -0.2) is 9.97 Å². The number of aryl methyl sites for hydroxylation is 3. The fourth-order valence-corrected chi connectivity index (χ4v) is 2.80. The lowest BCUT2D eigenvalue weighted by molar-refractivity contribution is 0.0709. The number of nitrogens with zero attached hydrogens (tertiary/aromatic N) is 3. The van der Waals surface area contributed by atoms with Crippen molar-refractivity contribution in [2.75, 3.05) is 7.05 Å². The fraction of sp³-hybridized carbons (Fsp3) is 0.316. The molecule has 2 heterocycles. The summed E-state index contributed by atoms with van der Waals surface area (Å²) in [6.07, 6.45) is 3.17. The maximum absolute atomic E-state index is 12.9. The molecule has 0 fully saturated rings. The maximum Gasteiger partial charge on any atom is 0.290 e.